The van der Waals surface area contributed by atoms with E-state index in [1.165, 1.54) is 11.1 Å². The first kappa shape index (κ1) is 14.4. The van der Waals surface area contributed by atoms with Crippen molar-refractivity contribution in [3.8, 4) is 0 Å². The SMILES string of the molecule is c1ccc(Cn2cccn2)c(CNc2cnc3ccccc3n2)c1. The van der Waals surface area contributed by atoms with E-state index in [2.05, 4.69) is 44.6 Å². The van der Waals surface area contributed by atoms with Crippen LogP contribution in [0.3, 0.4) is 0 Å². The van der Waals surface area contributed by atoms with Crippen molar-refractivity contribution in [2.75, 3.05) is 5.32 Å². The van der Waals surface area contributed by atoms with Gasteiger partial charge >= 0.3 is 0 Å². The van der Waals surface area contributed by atoms with E-state index in [1.54, 1.807) is 12.4 Å². The van der Waals surface area contributed by atoms with Crippen molar-refractivity contribution in [1.29, 1.82) is 0 Å². The minimum atomic E-state index is 0.699. The maximum atomic E-state index is 4.60. The molecule has 0 unspecified atom stereocenters. The lowest BCUT2D eigenvalue weighted by atomic mass is 10.1. The molecule has 0 amide bonds. The molecule has 4 aromatic rings. The maximum Gasteiger partial charge on any atom is 0.145 e. The summed E-state index contributed by atoms with van der Waals surface area (Å²) in [5.74, 6) is 0.780. The molecule has 0 atom stereocenters. The van der Waals surface area contributed by atoms with Crippen LogP contribution in [0, 0.1) is 0 Å². The number of hydrogen-bond acceptors (Lipinski definition) is 4. The maximum absolute atomic E-state index is 4.60. The fourth-order valence-electron chi connectivity index (χ4n) is 2.68. The van der Waals surface area contributed by atoms with Gasteiger partial charge in [0.05, 0.1) is 23.8 Å². The van der Waals surface area contributed by atoms with E-state index in [-0.39, 0.29) is 0 Å². The Morgan fingerprint density at radius 1 is 0.875 bits per heavy atom. The zero-order valence-corrected chi connectivity index (χ0v) is 13.1. The van der Waals surface area contributed by atoms with E-state index in [9.17, 15) is 0 Å². The van der Waals surface area contributed by atoms with Crippen LogP contribution in [0.15, 0.2) is 73.2 Å². The number of rotatable bonds is 5. The summed E-state index contributed by atoms with van der Waals surface area (Å²) in [6, 6.07) is 18.2. The van der Waals surface area contributed by atoms with Crippen LogP contribution in [0.2, 0.25) is 0 Å². The van der Waals surface area contributed by atoms with E-state index < -0.39 is 0 Å². The number of hydrogen-bond donors (Lipinski definition) is 1. The van der Waals surface area contributed by atoms with Crippen molar-refractivity contribution < 1.29 is 0 Å². The first-order valence-electron chi connectivity index (χ1n) is 7.88. The molecule has 5 nitrogen and oxygen atoms in total. The van der Waals surface area contributed by atoms with E-state index in [0.717, 1.165) is 23.4 Å². The summed E-state index contributed by atoms with van der Waals surface area (Å²) < 4.78 is 1.93. The molecule has 0 saturated heterocycles. The van der Waals surface area contributed by atoms with Crippen LogP contribution in [0.1, 0.15) is 11.1 Å². The van der Waals surface area contributed by atoms with Gasteiger partial charge in [0.25, 0.3) is 0 Å². The summed E-state index contributed by atoms with van der Waals surface area (Å²) in [4.78, 5) is 9.04. The van der Waals surface area contributed by atoms with Crippen LogP contribution in [-0.4, -0.2) is 19.7 Å². The minimum Gasteiger partial charge on any atom is -0.365 e. The molecule has 118 valence electrons. The molecule has 1 N–H and O–H groups in total. The number of nitrogens with one attached hydrogen (secondary N) is 1. The fraction of sp³-hybridized carbons (Fsp3) is 0.105. The van der Waals surface area contributed by atoms with Crippen LogP contribution in [0.4, 0.5) is 5.82 Å². The van der Waals surface area contributed by atoms with E-state index in [4.69, 9.17) is 0 Å². The Balaban J connectivity index is 1.52. The molecular weight excluding hydrogens is 298 g/mol. The van der Waals surface area contributed by atoms with Crippen molar-refractivity contribution in [1.82, 2.24) is 19.7 Å². The van der Waals surface area contributed by atoms with E-state index in [0.29, 0.717) is 6.54 Å². The molecule has 0 bridgehead atoms. The monoisotopic (exact) mass is 315 g/mol. The molecule has 0 saturated carbocycles. The van der Waals surface area contributed by atoms with Crippen molar-refractivity contribution in [3.05, 3.63) is 84.3 Å². The highest BCUT2D eigenvalue weighted by molar-refractivity contribution is 5.75. The number of nitrogens with zero attached hydrogens (tertiary/aromatic N) is 4. The second-order valence-corrected chi connectivity index (χ2v) is 5.57. The molecular formula is C19H17N5. The third-order valence-electron chi connectivity index (χ3n) is 3.92. The molecule has 0 spiro atoms. The normalized spacial score (nSPS) is 10.8. The third kappa shape index (κ3) is 3.10. The van der Waals surface area contributed by atoms with Gasteiger partial charge in [-0.1, -0.05) is 36.4 Å². The first-order valence-corrected chi connectivity index (χ1v) is 7.88. The Morgan fingerprint density at radius 2 is 1.67 bits per heavy atom. The second-order valence-electron chi connectivity index (χ2n) is 5.57. The number of anilines is 1. The summed E-state index contributed by atoms with van der Waals surface area (Å²) in [6.45, 7) is 1.46. The molecule has 2 aromatic heterocycles. The quantitative estimate of drug-likeness (QED) is 0.612. The molecule has 2 heterocycles. The lowest BCUT2D eigenvalue weighted by molar-refractivity contribution is 0.682. The lowest BCUT2D eigenvalue weighted by Gasteiger charge is -2.11. The molecule has 24 heavy (non-hydrogen) atoms. The highest BCUT2D eigenvalue weighted by Crippen LogP contribution is 2.15. The molecule has 0 aliphatic rings. The summed E-state index contributed by atoms with van der Waals surface area (Å²) >= 11 is 0. The van der Waals surface area contributed by atoms with Crippen molar-refractivity contribution in [3.63, 3.8) is 0 Å². The molecule has 0 aliphatic carbocycles. The number of fused-ring (bicyclic) bond motifs is 1. The fourth-order valence-corrected chi connectivity index (χ4v) is 2.68. The van der Waals surface area contributed by atoms with Gasteiger partial charge in [-0.25, -0.2) is 4.98 Å². The molecule has 0 fully saturated rings. The highest BCUT2D eigenvalue weighted by atomic mass is 15.3. The Kier molecular flexibility index (Phi) is 3.90. The van der Waals surface area contributed by atoms with Gasteiger partial charge in [0.15, 0.2) is 0 Å². The van der Waals surface area contributed by atoms with Gasteiger partial charge in [0.2, 0.25) is 0 Å². The predicted octanol–water partition coefficient (Wildman–Crippen LogP) is 3.49. The van der Waals surface area contributed by atoms with Gasteiger partial charge in [-0.2, -0.15) is 5.10 Å². The summed E-state index contributed by atoms with van der Waals surface area (Å²) in [6.07, 6.45) is 5.54. The van der Waals surface area contributed by atoms with Gasteiger partial charge in [-0.3, -0.25) is 9.67 Å². The molecule has 0 aliphatic heterocycles. The van der Waals surface area contributed by atoms with Crippen LogP contribution in [0.25, 0.3) is 11.0 Å². The number of para-hydroxylation sites is 2. The van der Waals surface area contributed by atoms with E-state index >= 15 is 0 Å². The average molecular weight is 315 g/mol. The molecule has 2 aromatic carbocycles. The Morgan fingerprint density at radius 3 is 2.50 bits per heavy atom. The molecule has 0 radical (unpaired) electrons. The average Bonchev–Trinajstić information content (AvgIpc) is 3.14. The van der Waals surface area contributed by atoms with Gasteiger partial charge in [0, 0.05) is 18.9 Å². The summed E-state index contributed by atoms with van der Waals surface area (Å²) in [7, 11) is 0. The third-order valence-corrected chi connectivity index (χ3v) is 3.92. The minimum absolute atomic E-state index is 0.699. The van der Waals surface area contributed by atoms with E-state index in [1.807, 2.05) is 41.2 Å². The zero-order valence-electron chi connectivity index (χ0n) is 13.1. The topological polar surface area (TPSA) is 55.6 Å². The van der Waals surface area contributed by atoms with Crippen molar-refractivity contribution in [2.45, 2.75) is 13.1 Å². The summed E-state index contributed by atoms with van der Waals surface area (Å²) in [5.41, 5.74) is 4.26. The van der Waals surface area contributed by atoms with Gasteiger partial charge < -0.3 is 5.32 Å². The van der Waals surface area contributed by atoms with Crippen LogP contribution in [-0.2, 0) is 13.1 Å². The molecule has 4 rings (SSSR count). The van der Waals surface area contributed by atoms with Crippen molar-refractivity contribution in [2.24, 2.45) is 0 Å². The van der Waals surface area contributed by atoms with Gasteiger partial charge in [0.1, 0.15) is 5.82 Å². The van der Waals surface area contributed by atoms with Gasteiger partial charge in [-0.15, -0.1) is 0 Å². The van der Waals surface area contributed by atoms with Gasteiger partial charge in [-0.05, 0) is 29.3 Å². The largest absolute Gasteiger partial charge is 0.365 e. The standard InChI is InChI=1S/C19H17N5/c1-2-7-16(14-24-11-5-10-22-24)15(6-1)12-21-19-13-20-17-8-3-4-9-18(17)23-19/h1-11,13H,12,14H2,(H,21,23). The van der Waals surface area contributed by atoms with Crippen molar-refractivity contribution >= 4 is 16.9 Å². The number of benzene rings is 2. The Hall–Kier alpha value is -3.21. The summed E-state index contributed by atoms with van der Waals surface area (Å²) in [5, 5.41) is 7.65. The predicted molar refractivity (Wildman–Crippen MR) is 94.6 cm³/mol. The first-order chi connectivity index (χ1) is 11.9. The smallest absolute Gasteiger partial charge is 0.145 e. The number of aromatic nitrogens is 4. The molecule has 5 heteroatoms. The lowest BCUT2D eigenvalue weighted by Crippen LogP contribution is -2.08. The Labute approximate surface area is 140 Å². The van der Waals surface area contributed by atoms with Crippen LogP contribution >= 0.6 is 0 Å². The zero-order chi connectivity index (χ0) is 16.2. The Bertz CT molecular complexity index is 947. The van der Waals surface area contributed by atoms with Crippen LogP contribution in [0.5, 0.6) is 0 Å². The highest BCUT2D eigenvalue weighted by Gasteiger charge is 2.04. The van der Waals surface area contributed by atoms with Crippen LogP contribution < -0.4 is 5.32 Å². The second kappa shape index (κ2) is 6.50.